The molecule has 1 atom stereocenters. The minimum absolute atomic E-state index is 0.00507. The van der Waals surface area contributed by atoms with E-state index >= 15 is 0 Å². The molecule has 1 saturated heterocycles. The van der Waals surface area contributed by atoms with Crippen molar-refractivity contribution in [3.05, 3.63) is 34.7 Å². The molecular formula is C15H19N5O2. The van der Waals surface area contributed by atoms with Gasteiger partial charge in [0.1, 0.15) is 0 Å². The molecule has 1 aromatic carbocycles. The van der Waals surface area contributed by atoms with Crippen LogP contribution in [0.5, 0.6) is 0 Å². The van der Waals surface area contributed by atoms with Crippen molar-refractivity contribution < 1.29 is 9.59 Å². The van der Waals surface area contributed by atoms with Gasteiger partial charge in [0.2, 0.25) is 11.8 Å². The van der Waals surface area contributed by atoms with Crippen LogP contribution in [0.25, 0.3) is 10.4 Å². The third kappa shape index (κ3) is 3.77. The molecule has 0 aliphatic carbocycles. The summed E-state index contributed by atoms with van der Waals surface area (Å²) in [4.78, 5) is 28.2. The molecule has 1 aliphatic heterocycles. The lowest BCUT2D eigenvalue weighted by molar-refractivity contribution is -0.119. The lowest BCUT2D eigenvalue weighted by Gasteiger charge is -2.18. The zero-order valence-corrected chi connectivity index (χ0v) is 12.7. The molecule has 1 aliphatic rings. The van der Waals surface area contributed by atoms with Crippen LogP contribution in [0.2, 0.25) is 0 Å². The monoisotopic (exact) mass is 301 g/mol. The number of rotatable bonds is 5. The van der Waals surface area contributed by atoms with E-state index in [9.17, 15) is 9.59 Å². The van der Waals surface area contributed by atoms with E-state index < -0.39 is 0 Å². The molecule has 0 radical (unpaired) electrons. The first-order valence-corrected chi connectivity index (χ1v) is 7.23. The number of hydrogen-bond acceptors (Lipinski definition) is 3. The summed E-state index contributed by atoms with van der Waals surface area (Å²) in [5.41, 5.74) is 9.77. The van der Waals surface area contributed by atoms with E-state index in [0.717, 1.165) is 5.69 Å². The highest BCUT2D eigenvalue weighted by atomic mass is 16.2. The van der Waals surface area contributed by atoms with Crippen LogP contribution >= 0.6 is 0 Å². The average molecular weight is 301 g/mol. The van der Waals surface area contributed by atoms with Crippen molar-refractivity contribution >= 4 is 23.2 Å². The third-order valence-corrected chi connectivity index (χ3v) is 3.56. The molecule has 0 spiro atoms. The van der Waals surface area contributed by atoms with Crippen LogP contribution in [-0.4, -0.2) is 24.9 Å². The fraction of sp³-hybridized carbons (Fsp3) is 0.467. The van der Waals surface area contributed by atoms with Gasteiger partial charge in [-0.3, -0.25) is 9.59 Å². The van der Waals surface area contributed by atoms with Crippen LogP contribution in [0.1, 0.15) is 20.3 Å². The Labute approximate surface area is 128 Å². The normalized spacial score (nSPS) is 17.5. The SMILES string of the molecule is CC(C)C(=O)Nc1cccc(N2CC(CN=[N+]=[N-])CC2=O)c1. The molecule has 0 aromatic heterocycles. The largest absolute Gasteiger partial charge is 0.326 e. The Balaban J connectivity index is 2.11. The Kier molecular flexibility index (Phi) is 5.01. The Morgan fingerprint density at radius 1 is 1.55 bits per heavy atom. The molecule has 1 aromatic rings. The first-order valence-electron chi connectivity index (χ1n) is 7.23. The Morgan fingerprint density at radius 3 is 3.00 bits per heavy atom. The van der Waals surface area contributed by atoms with Gasteiger partial charge in [0, 0.05) is 41.7 Å². The molecule has 22 heavy (non-hydrogen) atoms. The summed E-state index contributed by atoms with van der Waals surface area (Å²) in [6.07, 6.45) is 0.377. The molecule has 1 N–H and O–H groups in total. The van der Waals surface area contributed by atoms with Gasteiger partial charge in [-0.05, 0) is 29.6 Å². The number of amides is 2. The maximum atomic E-state index is 12.1. The number of carbonyl (C=O) groups is 2. The number of hydrogen-bond donors (Lipinski definition) is 1. The maximum absolute atomic E-state index is 12.1. The third-order valence-electron chi connectivity index (χ3n) is 3.56. The summed E-state index contributed by atoms with van der Waals surface area (Å²) in [7, 11) is 0. The van der Waals surface area contributed by atoms with E-state index in [0.29, 0.717) is 25.2 Å². The van der Waals surface area contributed by atoms with Crippen molar-refractivity contribution in [2.45, 2.75) is 20.3 Å². The standard InChI is InChI=1S/C15H19N5O2/c1-10(2)15(22)18-12-4-3-5-13(7-12)20-9-11(6-14(20)21)8-17-19-16/h3-5,7,10-11H,6,8-9H2,1-2H3,(H,18,22). The Morgan fingerprint density at radius 2 is 2.32 bits per heavy atom. The van der Waals surface area contributed by atoms with Gasteiger partial charge in [-0.15, -0.1) is 0 Å². The summed E-state index contributed by atoms with van der Waals surface area (Å²) >= 11 is 0. The molecular weight excluding hydrogens is 282 g/mol. The van der Waals surface area contributed by atoms with Crippen molar-refractivity contribution in [2.75, 3.05) is 23.3 Å². The van der Waals surface area contributed by atoms with Crippen LogP contribution in [0.4, 0.5) is 11.4 Å². The molecule has 0 saturated carbocycles. The smallest absolute Gasteiger partial charge is 0.227 e. The predicted molar refractivity (Wildman–Crippen MR) is 84.4 cm³/mol. The lowest BCUT2D eigenvalue weighted by Crippen LogP contribution is -2.25. The molecule has 2 amide bonds. The Bertz CT molecular complexity index is 622. The van der Waals surface area contributed by atoms with Crippen LogP contribution in [0.15, 0.2) is 29.4 Å². The van der Waals surface area contributed by atoms with Gasteiger partial charge in [-0.25, -0.2) is 0 Å². The van der Waals surface area contributed by atoms with Crippen molar-refractivity contribution in [1.29, 1.82) is 0 Å². The molecule has 116 valence electrons. The van der Waals surface area contributed by atoms with E-state index in [2.05, 4.69) is 15.3 Å². The molecule has 7 nitrogen and oxygen atoms in total. The number of anilines is 2. The number of benzene rings is 1. The van der Waals surface area contributed by atoms with Gasteiger partial charge >= 0.3 is 0 Å². The van der Waals surface area contributed by atoms with Gasteiger partial charge in [0.15, 0.2) is 0 Å². The van der Waals surface area contributed by atoms with E-state index in [4.69, 9.17) is 5.53 Å². The van der Waals surface area contributed by atoms with Gasteiger partial charge in [-0.2, -0.15) is 0 Å². The highest BCUT2D eigenvalue weighted by Crippen LogP contribution is 2.27. The minimum Gasteiger partial charge on any atom is -0.326 e. The highest BCUT2D eigenvalue weighted by molar-refractivity contribution is 5.97. The van der Waals surface area contributed by atoms with Crippen molar-refractivity contribution in [2.24, 2.45) is 17.0 Å². The zero-order chi connectivity index (χ0) is 16.1. The second kappa shape index (κ2) is 6.95. The lowest BCUT2D eigenvalue weighted by atomic mass is 10.1. The molecule has 1 heterocycles. The fourth-order valence-corrected chi connectivity index (χ4v) is 2.34. The van der Waals surface area contributed by atoms with Crippen LogP contribution in [-0.2, 0) is 9.59 Å². The average Bonchev–Trinajstić information content (AvgIpc) is 2.86. The van der Waals surface area contributed by atoms with E-state index in [1.54, 1.807) is 23.1 Å². The van der Waals surface area contributed by atoms with E-state index in [1.165, 1.54) is 0 Å². The summed E-state index contributed by atoms with van der Waals surface area (Å²) in [6, 6.07) is 7.22. The van der Waals surface area contributed by atoms with E-state index in [-0.39, 0.29) is 23.7 Å². The molecule has 7 heteroatoms. The van der Waals surface area contributed by atoms with Crippen LogP contribution in [0.3, 0.4) is 0 Å². The number of azide groups is 1. The van der Waals surface area contributed by atoms with Crippen molar-refractivity contribution in [3.8, 4) is 0 Å². The second-order valence-corrected chi connectivity index (χ2v) is 5.68. The summed E-state index contributed by atoms with van der Waals surface area (Å²) in [6.45, 7) is 4.49. The van der Waals surface area contributed by atoms with Gasteiger partial charge in [0.25, 0.3) is 0 Å². The van der Waals surface area contributed by atoms with Crippen LogP contribution < -0.4 is 10.2 Å². The minimum atomic E-state index is -0.106. The van der Waals surface area contributed by atoms with E-state index in [1.807, 2.05) is 19.9 Å². The summed E-state index contributed by atoms with van der Waals surface area (Å²) in [5.74, 6) is -0.126. The van der Waals surface area contributed by atoms with Crippen molar-refractivity contribution in [3.63, 3.8) is 0 Å². The fourth-order valence-electron chi connectivity index (χ4n) is 2.34. The van der Waals surface area contributed by atoms with Gasteiger partial charge in [0.05, 0.1) is 0 Å². The zero-order valence-electron chi connectivity index (χ0n) is 12.7. The van der Waals surface area contributed by atoms with Gasteiger partial charge < -0.3 is 10.2 Å². The summed E-state index contributed by atoms with van der Waals surface area (Å²) in [5, 5.41) is 6.36. The first-order chi connectivity index (χ1) is 10.5. The Hall–Kier alpha value is -2.53. The van der Waals surface area contributed by atoms with Gasteiger partial charge in [-0.1, -0.05) is 25.0 Å². The first kappa shape index (κ1) is 15.9. The maximum Gasteiger partial charge on any atom is 0.227 e. The second-order valence-electron chi connectivity index (χ2n) is 5.68. The number of nitrogens with one attached hydrogen (secondary N) is 1. The molecule has 1 fully saturated rings. The molecule has 1 unspecified atom stereocenters. The van der Waals surface area contributed by atoms with Crippen LogP contribution in [0, 0.1) is 11.8 Å². The highest BCUT2D eigenvalue weighted by Gasteiger charge is 2.30. The topological polar surface area (TPSA) is 98.2 Å². The molecule has 0 bridgehead atoms. The predicted octanol–water partition coefficient (Wildman–Crippen LogP) is 2.94. The number of nitrogens with zero attached hydrogens (tertiary/aromatic N) is 4. The quantitative estimate of drug-likeness (QED) is 0.514. The molecule has 2 rings (SSSR count). The van der Waals surface area contributed by atoms with Crippen molar-refractivity contribution in [1.82, 2.24) is 0 Å². The number of carbonyl (C=O) groups excluding carboxylic acids is 2. The summed E-state index contributed by atoms with van der Waals surface area (Å²) < 4.78 is 0.